The first-order valence-electron chi connectivity index (χ1n) is 8.80. The molecular formula is C17H23N3O8. The number of nitrogens with zero attached hydrogens (tertiary/aromatic N) is 2. The molecule has 1 amide bonds. The number of hydrogen-bond donors (Lipinski definition) is 3. The minimum absolute atomic E-state index is 0.0352. The van der Waals surface area contributed by atoms with E-state index in [0.29, 0.717) is 0 Å². The predicted molar refractivity (Wildman–Crippen MR) is 94.6 cm³/mol. The van der Waals surface area contributed by atoms with Gasteiger partial charge in [0.25, 0.3) is 0 Å². The van der Waals surface area contributed by atoms with E-state index in [4.69, 9.17) is 9.47 Å². The maximum Gasteiger partial charge on any atom is 0.412 e. The normalized spacial score (nSPS) is 26.6. The highest BCUT2D eigenvalue weighted by molar-refractivity contribution is 6.27. The number of hydrogen-bond acceptors (Lipinski definition) is 9. The van der Waals surface area contributed by atoms with Crippen LogP contribution >= 0.6 is 0 Å². The van der Waals surface area contributed by atoms with Crippen molar-refractivity contribution < 1.29 is 34.1 Å². The van der Waals surface area contributed by atoms with Gasteiger partial charge in [-0.15, -0.1) is 0 Å². The quantitative estimate of drug-likeness (QED) is 0.306. The van der Waals surface area contributed by atoms with Crippen LogP contribution in [0.15, 0.2) is 17.1 Å². The van der Waals surface area contributed by atoms with Gasteiger partial charge in [0, 0.05) is 6.20 Å². The largest absolute Gasteiger partial charge is 0.449 e. The molecule has 2 rings (SSSR count). The fourth-order valence-electron chi connectivity index (χ4n) is 2.76. The molecule has 0 unspecified atom stereocenters. The molecule has 4 atom stereocenters. The monoisotopic (exact) mass is 397 g/mol. The van der Waals surface area contributed by atoms with Gasteiger partial charge in [0.15, 0.2) is 18.6 Å². The number of aliphatic hydroxyl groups excluding tert-OH is 1. The number of rotatable bonds is 8. The minimum atomic E-state index is -2.04. The van der Waals surface area contributed by atoms with Crippen molar-refractivity contribution in [1.82, 2.24) is 9.55 Å². The summed E-state index contributed by atoms with van der Waals surface area (Å²) in [5.41, 5.74) is -2.96. The van der Waals surface area contributed by atoms with Crippen LogP contribution in [0.3, 0.4) is 0 Å². The van der Waals surface area contributed by atoms with Gasteiger partial charge in [-0.05, 0) is 19.4 Å². The zero-order valence-corrected chi connectivity index (χ0v) is 15.5. The summed E-state index contributed by atoms with van der Waals surface area (Å²) in [6.07, 6.45) is -1.82. The molecule has 0 aromatic carbocycles. The standard InChI is InChI=1S/C17H23N3O8/c1-3-4-5-8-27-16(25)19-11-6-7-20(15(24)18-11)14-17(2,26)13(23)12(28-14)10(22)9-21/h6-7,9,12-14,23,26H,3-5,8H2,1-2H3,(H,18,19,24,25)/t12-,13-,14-,17-/m1/s1. The Morgan fingerprint density at radius 2 is 2.18 bits per heavy atom. The van der Waals surface area contributed by atoms with Crippen LogP contribution in [0.4, 0.5) is 10.6 Å². The Morgan fingerprint density at radius 3 is 2.79 bits per heavy atom. The fraction of sp³-hybridized carbons (Fsp3) is 0.588. The van der Waals surface area contributed by atoms with Crippen LogP contribution < -0.4 is 11.0 Å². The highest BCUT2D eigenvalue weighted by Gasteiger charge is 2.55. The Morgan fingerprint density at radius 1 is 1.46 bits per heavy atom. The number of aliphatic hydroxyl groups is 2. The zero-order valence-electron chi connectivity index (χ0n) is 15.5. The van der Waals surface area contributed by atoms with E-state index in [1.54, 1.807) is 0 Å². The number of carbonyl (C=O) groups excluding carboxylic acids is 3. The number of amides is 1. The minimum Gasteiger partial charge on any atom is -0.449 e. The number of nitrogens with one attached hydrogen (secondary N) is 1. The molecule has 1 aliphatic heterocycles. The summed E-state index contributed by atoms with van der Waals surface area (Å²) in [5, 5.41) is 22.8. The molecule has 1 saturated heterocycles. The second-order valence-corrected chi connectivity index (χ2v) is 6.57. The van der Waals surface area contributed by atoms with E-state index in [1.807, 2.05) is 6.92 Å². The van der Waals surface area contributed by atoms with Gasteiger partial charge in [0.1, 0.15) is 17.5 Å². The Bertz CT molecular complexity index is 791. The number of ether oxygens (including phenoxy) is 2. The Kier molecular flexibility index (Phi) is 7.00. The van der Waals surface area contributed by atoms with Crippen LogP contribution in [0.25, 0.3) is 0 Å². The molecule has 0 radical (unpaired) electrons. The molecule has 11 nitrogen and oxygen atoms in total. The lowest BCUT2D eigenvalue weighted by Crippen LogP contribution is -2.47. The summed E-state index contributed by atoms with van der Waals surface area (Å²) in [6, 6.07) is 1.26. The van der Waals surface area contributed by atoms with E-state index in [9.17, 15) is 29.4 Å². The van der Waals surface area contributed by atoms with Crippen molar-refractivity contribution >= 4 is 24.0 Å². The van der Waals surface area contributed by atoms with Crippen molar-refractivity contribution in [1.29, 1.82) is 0 Å². The third-order valence-electron chi connectivity index (χ3n) is 4.35. The first-order valence-corrected chi connectivity index (χ1v) is 8.80. The van der Waals surface area contributed by atoms with Gasteiger partial charge in [-0.1, -0.05) is 19.8 Å². The Labute approximate surface area is 160 Å². The fourth-order valence-corrected chi connectivity index (χ4v) is 2.76. The maximum absolute atomic E-state index is 12.3. The zero-order chi connectivity index (χ0) is 20.9. The molecule has 1 fully saturated rings. The van der Waals surface area contributed by atoms with Crippen molar-refractivity contribution in [3.05, 3.63) is 22.7 Å². The van der Waals surface area contributed by atoms with Crippen LogP contribution in [0.2, 0.25) is 0 Å². The second kappa shape index (κ2) is 9.04. The number of aromatic nitrogens is 2. The van der Waals surface area contributed by atoms with Crippen LogP contribution in [0, 0.1) is 0 Å². The third-order valence-corrected chi connectivity index (χ3v) is 4.35. The van der Waals surface area contributed by atoms with Gasteiger partial charge >= 0.3 is 11.8 Å². The molecule has 154 valence electrons. The number of ketones is 1. The maximum atomic E-state index is 12.3. The lowest BCUT2D eigenvalue weighted by atomic mass is 9.95. The van der Waals surface area contributed by atoms with E-state index in [2.05, 4.69) is 10.3 Å². The summed E-state index contributed by atoms with van der Waals surface area (Å²) in [7, 11) is 0. The van der Waals surface area contributed by atoms with Crippen molar-refractivity contribution in [2.24, 2.45) is 0 Å². The van der Waals surface area contributed by atoms with Gasteiger partial charge in [0.05, 0.1) is 6.61 Å². The lowest BCUT2D eigenvalue weighted by Gasteiger charge is -2.27. The van der Waals surface area contributed by atoms with Crippen LogP contribution in [0.5, 0.6) is 0 Å². The molecular weight excluding hydrogens is 374 g/mol. The molecule has 1 aromatic heterocycles. The first kappa shape index (κ1) is 21.7. The van der Waals surface area contributed by atoms with Gasteiger partial charge in [0.2, 0.25) is 5.78 Å². The number of unbranched alkanes of at least 4 members (excludes halogenated alkanes) is 2. The molecule has 3 N–H and O–H groups in total. The Hall–Kier alpha value is -2.63. The van der Waals surface area contributed by atoms with Crippen molar-refractivity contribution in [2.75, 3.05) is 11.9 Å². The van der Waals surface area contributed by atoms with E-state index in [0.717, 1.165) is 30.8 Å². The highest BCUT2D eigenvalue weighted by atomic mass is 16.6. The summed E-state index contributed by atoms with van der Waals surface area (Å²) >= 11 is 0. The van der Waals surface area contributed by atoms with E-state index < -0.39 is 41.6 Å². The average molecular weight is 397 g/mol. The molecule has 2 heterocycles. The highest BCUT2D eigenvalue weighted by Crippen LogP contribution is 2.37. The van der Waals surface area contributed by atoms with Crippen molar-refractivity contribution in [3.8, 4) is 0 Å². The second-order valence-electron chi connectivity index (χ2n) is 6.57. The van der Waals surface area contributed by atoms with Crippen LogP contribution in [0.1, 0.15) is 39.3 Å². The summed E-state index contributed by atoms with van der Waals surface area (Å²) in [5.74, 6) is -1.15. The van der Waals surface area contributed by atoms with E-state index in [-0.39, 0.29) is 18.7 Å². The predicted octanol–water partition coefficient (Wildman–Crippen LogP) is -0.241. The topological polar surface area (TPSA) is 157 Å². The SMILES string of the molecule is CCCCCOC(=O)Nc1ccn([C@@H]2O[C@H](C(=O)C=O)[C@@H](O)[C@@]2(C)O)c(=O)n1. The molecule has 1 aliphatic rings. The van der Waals surface area contributed by atoms with Crippen LogP contribution in [-0.4, -0.2) is 62.3 Å². The summed E-state index contributed by atoms with van der Waals surface area (Å²) < 4.78 is 11.0. The molecule has 0 spiro atoms. The Balaban J connectivity index is 2.11. The van der Waals surface area contributed by atoms with Crippen LogP contribution in [-0.2, 0) is 19.1 Å². The third kappa shape index (κ3) is 4.61. The van der Waals surface area contributed by atoms with E-state index >= 15 is 0 Å². The number of aldehydes is 1. The van der Waals surface area contributed by atoms with E-state index in [1.165, 1.54) is 12.3 Å². The van der Waals surface area contributed by atoms with Gasteiger partial charge in [-0.25, -0.2) is 9.59 Å². The van der Waals surface area contributed by atoms with Crippen molar-refractivity contribution in [3.63, 3.8) is 0 Å². The van der Waals surface area contributed by atoms with Gasteiger partial charge in [-0.2, -0.15) is 4.98 Å². The smallest absolute Gasteiger partial charge is 0.412 e. The first-order chi connectivity index (χ1) is 13.2. The number of anilines is 1. The number of carbonyl (C=O) groups is 3. The van der Waals surface area contributed by atoms with Gasteiger partial charge < -0.3 is 19.7 Å². The molecule has 28 heavy (non-hydrogen) atoms. The summed E-state index contributed by atoms with van der Waals surface area (Å²) in [4.78, 5) is 49.8. The molecule has 1 aromatic rings. The lowest BCUT2D eigenvalue weighted by molar-refractivity contribution is -0.141. The molecule has 0 bridgehead atoms. The molecule has 0 saturated carbocycles. The van der Waals surface area contributed by atoms with Gasteiger partial charge in [-0.3, -0.25) is 19.5 Å². The molecule has 0 aliphatic carbocycles. The molecule has 11 heteroatoms. The summed E-state index contributed by atoms with van der Waals surface area (Å²) in [6.45, 7) is 3.41. The number of Topliss-reactive ketones (excluding diaryl/α,β-unsaturated/α-hetero) is 1. The average Bonchev–Trinajstić information content (AvgIpc) is 2.88. The van der Waals surface area contributed by atoms with Crippen molar-refractivity contribution in [2.45, 2.75) is 57.1 Å².